The van der Waals surface area contributed by atoms with E-state index < -0.39 is 0 Å². The zero-order valence-corrected chi connectivity index (χ0v) is 15.7. The van der Waals surface area contributed by atoms with Crippen molar-refractivity contribution in [3.05, 3.63) is 72.1 Å². The highest BCUT2D eigenvalue weighted by Gasteiger charge is 2.29. The van der Waals surface area contributed by atoms with E-state index >= 15 is 0 Å². The molecule has 4 rings (SSSR count). The number of benzene rings is 1. The lowest BCUT2D eigenvalue weighted by molar-refractivity contribution is 0.0300. The molecule has 0 N–H and O–H groups in total. The molecule has 0 bridgehead atoms. The van der Waals surface area contributed by atoms with E-state index in [9.17, 15) is 0 Å². The quantitative estimate of drug-likeness (QED) is 0.702. The van der Waals surface area contributed by atoms with Crippen molar-refractivity contribution in [3.8, 4) is 11.5 Å². The number of aromatic nitrogens is 3. The van der Waals surface area contributed by atoms with Gasteiger partial charge < -0.3 is 9.64 Å². The smallest absolute Gasteiger partial charge is 0.180 e. The van der Waals surface area contributed by atoms with E-state index in [2.05, 4.69) is 54.1 Å². The fourth-order valence-corrected chi connectivity index (χ4v) is 3.43. The molecule has 5 nitrogen and oxygen atoms in total. The lowest BCUT2D eigenvalue weighted by Gasteiger charge is -2.40. The number of morpholine rings is 1. The second-order valence-corrected chi connectivity index (χ2v) is 6.83. The molecular formula is C22H24N4O. The van der Waals surface area contributed by atoms with Crippen LogP contribution in [0.15, 0.2) is 60.8 Å². The molecule has 0 saturated carbocycles. The second-order valence-electron chi connectivity index (χ2n) is 6.83. The van der Waals surface area contributed by atoms with Crippen molar-refractivity contribution in [2.45, 2.75) is 32.4 Å². The number of ether oxygens (including phenoxy) is 1. The summed E-state index contributed by atoms with van der Waals surface area (Å²) in [4.78, 5) is 16.4. The van der Waals surface area contributed by atoms with E-state index in [4.69, 9.17) is 14.7 Å². The van der Waals surface area contributed by atoms with Crippen molar-refractivity contribution in [1.29, 1.82) is 0 Å². The second kappa shape index (κ2) is 7.84. The Hall–Kier alpha value is -2.79. The predicted octanol–water partition coefficient (Wildman–Crippen LogP) is 4.07. The molecule has 0 spiro atoms. The minimum atomic E-state index is 0.138. The molecule has 1 saturated heterocycles. The van der Waals surface area contributed by atoms with Crippen molar-refractivity contribution in [3.63, 3.8) is 0 Å². The maximum absolute atomic E-state index is 5.97. The van der Waals surface area contributed by atoms with E-state index in [1.54, 1.807) is 6.20 Å². The Morgan fingerprint density at radius 3 is 2.63 bits per heavy atom. The average molecular weight is 360 g/mol. The molecule has 3 heterocycles. The molecule has 0 radical (unpaired) electrons. The van der Waals surface area contributed by atoms with Crippen LogP contribution >= 0.6 is 0 Å². The Morgan fingerprint density at radius 1 is 1.07 bits per heavy atom. The Balaban J connectivity index is 1.77. The average Bonchev–Trinajstić information content (AvgIpc) is 2.74. The number of rotatable bonds is 4. The summed E-state index contributed by atoms with van der Waals surface area (Å²) in [5.74, 6) is 1.61. The van der Waals surface area contributed by atoms with Crippen molar-refractivity contribution >= 4 is 5.82 Å². The van der Waals surface area contributed by atoms with Crippen LogP contribution in [0.25, 0.3) is 11.5 Å². The van der Waals surface area contributed by atoms with Crippen LogP contribution in [0.2, 0.25) is 0 Å². The van der Waals surface area contributed by atoms with E-state index in [1.807, 2.05) is 24.3 Å². The van der Waals surface area contributed by atoms with Crippen molar-refractivity contribution in [2.75, 3.05) is 18.1 Å². The first-order valence-electron chi connectivity index (χ1n) is 9.47. The summed E-state index contributed by atoms with van der Waals surface area (Å²) in [5.41, 5.74) is 3.05. The topological polar surface area (TPSA) is 51.1 Å². The molecule has 5 heteroatoms. The van der Waals surface area contributed by atoms with E-state index in [0.717, 1.165) is 30.2 Å². The number of anilines is 1. The zero-order valence-electron chi connectivity index (χ0n) is 15.7. The van der Waals surface area contributed by atoms with Crippen LogP contribution < -0.4 is 4.90 Å². The summed E-state index contributed by atoms with van der Waals surface area (Å²) < 4.78 is 5.97. The fraction of sp³-hybridized carbons (Fsp3) is 0.318. The van der Waals surface area contributed by atoms with Gasteiger partial charge in [-0.05, 0) is 31.0 Å². The highest BCUT2D eigenvalue weighted by molar-refractivity contribution is 5.55. The van der Waals surface area contributed by atoms with Crippen LogP contribution in [0.5, 0.6) is 0 Å². The molecule has 0 aliphatic carbocycles. The van der Waals surface area contributed by atoms with Crippen LogP contribution in [0, 0.1) is 0 Å². The molecule has 27 heavy (non-hydrogen) atoms. The summed E-state index contributed by atoms with van der Waals surface area (Å²) in [6, 6.07) is 18.5. The normalized spacial score (nSPS) is 19.9. The van der Waals surface area contributed by atoms with Crippen LogP contribution in [-0.4, -0.2) is 34.2 Å². The van der Waals surface area contributed by atoms with Gasteiger partial charge in [0.15, 0.2) is 5.82 Å². The molecule has 138 valence electrons. The first-order chi connectivity index (χ1) is 13.2. The number of hydrogen-bond donors (Lipinski definition) is 0. The molecule has 1 aromatic carbocycles. The maximum Gasteiger partial charge on any atom is 0.180 e. The molecule has 1 aliphatic rings. The third kappa shape index (κ3) is 3.83. The van der Waals surface area contributed by atoms with Gasteiger partial charge in [-0.3, -0.25) is 4.98 Å². The van der Waals surface area contributed by atoms with Gasteiger partial charge in [0.1, 0.15) is 11.5 Å². The minimum Gasteiger partial charge on any atom is -0.374 e. The van der Waals surface area contributed by atoms with Crippen LogP contribution in [-0.2, 0) is 11.2 Å². The molecule has 3 aromatic rings. The highest BCUT2D eigenvalue weighted by atomic mass is 16.5. The molecule has 2 aromatic heterocycles. The minimum absolute atomic E-state index is 0.138. The first kappa shape index (κ1) is 17.6. The van der Waals surface area contributed by atoms with Gasteiger partial charge in [0, 0.05) is 24.5 Å². The van der Waals surface area contributed by atoms with Gasteiger partial charge >= 0.3 is 0 Å². The lowest BCUT2D eigenvalue weighted by atomic mass is 10.0. The number of aryl methyl sites for hydroxylation is 1. The third-order valence-corrected chi connectivity index (χ3v) is 4.87. The molecule has 0 unspecified atom stereocenters. The fourth-order valence-electron chi connectivity index (χ4n) is 3.43. The van der Waals surface area contributed by atoms with Gasteiger partial charge in [-0.1, -0.05) is 43.3 Å². The van der Waals surface area contributed by atoms with Crippen molar-refractivity contribution in [2.24, 2.45) is 0 Å². The number of pyridine rings is 1. The Kier molecular flexibility index (Phi) is 5.12. The third-order valence-electron chi connectivity index (χ3n) is 4.87. The SMILES string of the molecule is CCc1cc(N2C[C@H](C)OC[C@@H]2c2ccccc2)nc(-c2ccccn2)n1. The van der Waals surface area contributed by atoms with E-state index in [-0.39, 0.29) is 12.1 Å². The van der Waals surface area contributed by atoms with Crippen LogP contribution in [0.1, 0.15) is 31.1 Å². The summed E-state index contributed by atoms with van der Waals surface area (Å²) >= 11 is 0. The molecule has 1 fully saturated rings. The van der Waals surface area contributed by atoms with Gasteiger partial charge in [0.05, 0.1) is 18.8 Å². The summed E-state index contributed by atoms with van der Waals surface area (Å²) in [5, 5.41) is 0. The highest BCUT2D eigenvalue weighted by Crippen LogP contribution is 2.31. The number of nitrogens with zero attached hydrogens (tertiary/aromatic N) is 4. The van der Waals surface area contributed by atoms with Crippen LogP contribution in [0.4, 0.5) is 5.82 Å². The maximum atomic E-state index is 5.97. The first-order valence-corrected chi connectivity index (χ1v) is 9.47. The molecule has 2 atom stereocenters. The van der Waals surface area contributed by atoms with Crippen molar-refractivity contribution in [1.82, 2.24) is 15.0 Å². The van der Waals surface area contributed by atoms with E-state index in [0.29, 0.717) is 12.4 Å². The van der Waals surface area contributed by atoms with Gasteiger partial charge in [0.25, 0.3) is 0 Å². The summed E-state index contributed by atoms with van der Waals surface area (Å²) in [6.45, 7) is 5.66. The summed E-state index contributed by atoms with van der Waals surface area (Å²) in [7, 11) is 0. The standard InChI is InChI=1S/C22H24N4O/c1-3-18-13-21(25-22(24-18)19-11-7-8-12-23-19)26-14-16(2)27-15-20(26)17-9-5-4-6-10-17/h4-13,16,20H,3,14-15H2,1-2H3/t16-,20+/m0/s1. The Bertz CT molecular complexity index is 885. The predicted molar refractivity (Wildman–Crippen MR) is 107 cm³/mol. The van der Waals surface area contributed by atoms with Crippen LogP contribution in [0.3, 0.4) is 0 Å². The lowest BCUT2D eigenvalue weighted by Crippen LogP contribution is -2.44. The summed E-state index contributed by atoms with van der Waals surface area (Å²) in [6.07, 6.45) is 2.79. The van der Waals surface area contributed by atoms with Gasteiger partial charge in [-0.15, -0.1) is 0 Å². The van der Waals surface area contributed by atoms with Gasteiger partial charge in [-0.2, -0.15) is 0 Å². The number of hydrogen-bond acceptors (Lipinski definition) is 5. The van der Waals surface area contributed by atoms with Crippen molar-refractivity contribution < 1.29 is 4.74 Å². The Labute approximate surface area is 160 Å². The monoisotopic (exact) mass is 360 g/mol. The van der Waals surface area contributed by atoms with E-state index in [1.165, 1.54) is 5.56 Å². The zero-order chi connectivity index (χ0) is 18.6. The Morgan fingerprint density at radius 2 is 1.89 bits per heavy atom. The molecule has 0 amide bonds. The van der Waals surface area contributed by atoms with Gasteiger partial charge in [0.2, 0.25) is 0 Å². The molecule has 1 aliphatic heterocycles. The largest absolute Gasteiger partial charge is 0.374 e. The van der Waals surface area contributed by atoms with Gasteiger partial charge in [-0.25, -0.2) is 9.97 Å². The molecular weight excluding hydrogens is 336 g/mol.